The van der Waals surface area contributed by atoms with Crippen molar-refractivity contribution in [2.24, 2.45) is 0 Å². The van der Waals surface area contributed by atoms with Crippen LogP contribution in [0.3, 0.4) is 0 Å². The Kier molecular flexibility index (Phi) is 3.31. The third kappa shape index (κ3) is 1.97. The molecule has 3 rings (SSSR count). The van der Waals surface area contributed by atoms with Gasteiger partial charge in [-0.15, -0.1) is 0 Å². The molecule has 0 amide bonds. The van der Waals surface area contributed by atoms with Crippen LogP contribution < -0.4 is 5.73 Å². The molecular weight excluding hydrogens is 298 g/mol. The van der Waals surface area contributed by atoms with Crippen LogP contribution in [-0.4, -0.2) is 48.7 Å². The number of nitrogens with zero attached hydrogens (tertiary/aromatic N) is 3. The Balaban J connectivity index is 2.14. The number of halogens is 2. The topological polar surface area (TPSA) is 106 Å². The summed E-state index contributed by atoms with van der Waals surface area (Å²) in [7, 11) is 0. The number of ether oxygens (including phenoxy) is 1. The number of hydrogen-bond donors (Lipinski definition) is 3. The van der Waals surface area contributed by atoms with Crippen molar-refractivity contribution in [2.45, 2.75) is 44.1 Å². The van der Waals surface area contributed by atoms with E-state index in [1.54, 1.807) is 0 Å². The van der Waals surface area contributed by atoms with E-state index in [2.05, 4.69) is 9.97 Å². The average molecular weight is 314 g/mol. The first kappa shape index (κ1) is 15.1. The van der Waals surface area contributed by atoms with E-state index in [4.69, 9.17) is 10.5 Å². The second-order valence-corrected chi connectivity index (χ2v) is 5.63. The van der Waals surface area contributed by atoms with E-state index in [0.29, 0.717) is 0 Å². The molecule has 7 nitrogen and oxygen atoms in total. The molecule has 9 heteroatoms. The highest BCUT2D eigenvalue weighted by molar-refractivity contribution is 5.86. The van der Waals surface area contributed by atoms with Gasteiger partial charge < -0.3 is 20.7 Å². The van der Waals surface area contributed by atoms with Crippen molar-refractivity contribution in [3.63, 3.8) is 0 Å². The molecule has 2 aromatic heterocycles. The van der Waals surface area contributed by atoms with Crippen LogP contribution in [0.1, 0.15) is 20.1 Å². The first-order valence-corrected chi connectivity index (χ1v) is 6.72. The van der Waals surface area contributed by atoms with Gasteiger partial charge in [0.1, 0.15) is 24.4 Å². The molecule has 5 unspecified atom stereocenters. The number of nitrogens with two attached hydrogens (primary N) is 1. The monoisotopic (exact) mass is 314 g/mol. The summed E-state index contributed by atoms with van der Waals surface area (Å²) < 4.78 is 35.5. The fourth-order valence-electron chi connectivity index (χ4n) is 2.78. The molecule has 5 atom stereocenters. The van der Waals surface area contributed by atoms with Gasteiger partial charge in [0, 0.05) is 6.20 Å². The molecule has 2 aromatic rings. The summed E-state index contributed by atoms with van der Waals surface area (Å²) in [5.41, 5.74) is 3.41. The van der Waals surface area contributed by atoms with Gasteiger partial charge in [0.2, 0.25) is 0 Å². The molecule has 0 spiro atoms. The molecule has 4 N–H and O–H groups in total. The minimum Gasteiger partial charge on any atom is -0.391 e. The molecule has 0 radical (unpaired) electrons. The maximum Gasteiger partial charge on any atom is 0.181 e. The maximum atomic E-state index is 14.9. The van der Waals surface area contributed by atoms with Gasteiger partial charge in [-0.1, -0.05) is 0 Å². The lowest BCUT2D eigenvalue weighted by Crippen LogP contribution is -2.42. The molecule has 3 heterocycles. The van der Waals surface area contributed by atoms with Crippen molar-refractivity contribution in [2.75, 3.05) is 5.73 Å². The van der Waals surface area contributed by atoms with Crippen LogP contribution in [0.2, 0.25) is 0 Å². The highest BCUT2D eigenvalue weighted by Crippen LogP contribution is 2.44. The fraction of sp³-hybridized carbons (Fsp3) is 0.538. The van der Waals surface area contributed by atoms with Crippen LogP contribution in [0.5, 0.6) is 0 Å². The minimum atomic E-state index is -2.25. The van der Waals surface area contributed by atoms with E-state index in [1.807, 2.05) is 0 Å². The van der Waals surface area contributed by atoms with Gasteiger partial charge in [0.25, 0.3) is 0 Å². The molecule has 1 fully saturated rings. The van der Waals surface area contributed by atoms with Crippen molar-refractivity contribution >= 4 is 16.9 Å². The van der Waals surface area contributed by atoms with E-state index in [-0.39, 0.29) is 16.9 Å². The summed E-state index contributed by atoms with van der Waals surface area (Å²) >= 11 is 0. The van der Waals surface area contributed by atoms with Crippen LogP contribution in [0.15, 0.2) is 12.5 Å². The van der Waals surface area contributed by atoms with Gasteiger partial charge in [0.15, 0.2) is 23.4 Å². The summed E-state index contributed by atoms with van der Waals surface area (Å²) in [6, 6.07) is 0. The van der Waals surface area contributed by atoms with Gasteiger partial charge in [0.05, 0.1) is 11.5 Å². The van der Waals surface area contributed by atoms with E-state index in [9.17, 15) is 19.0 Å². The average Bonchev–Trinajstić information content (AvgIpc) is 2.87. The van der Waals surface area contributed by atoms with Crippen molar-refractivity contribution in [3.8, 4) is 0 Å². The quantitative estimate of drug-likeness (QED) is 0.746. The Hall–Kier alpha value is -1.84. The predicted octanol–water partition coefficient (Wildman–Crippen LogP) is 0.520. The Morgan fingerprint density at radius 3 is 2.77 bits per heavy atom. The van der Waals surface area contributed by atoms with Crippen molar-refractivity contribution in [1.29, 1.82) is 0 Å². The van der Waals surface area contributed by atoms with Crippen LogP contribution in [-0.2, 0) is 4.74 Å². The number of aromatic nitrogens is 3. The smallest absolute Gasteiger partial charge is 0.181 e. The second kappa shape index (κ2) is 4.83. The molecule has 0 aliphatic carbocycles. The van der Waals surface area contributed by atoms with Crippen LogP contribution in [0.25, 0.3) is 11.0 Å². The number of aliphatic hydroxyl groups excluding tert-OH is 2. The second-order valence-electron chi connectivity index (χ2n) is 5.63. The van der Waals surface area contributed by atoms with Gasteiger partial charge in [-0.25, -0.2) is 18.7 Å². The third-order valence-electron chi connectivity index (χ3n) is 3.98. The third-order valence-corrected chi connectivity index (χ3v) is 3.98. The first-order chi connectivity index (χ1) is 10.2. The van der Waals surface area contributed by atoms with E-state index in [0.717, 1.165) is 24.0 Å². The Labute approximate surface area is 124 Å². The normalized spacial score (nSPS) is 33.5. The number of anilines is 1. The number of rotatable bonds is 2. The van der Waals surface area contributed by atoms with Crippen molar-refractivity contribution < 1.29 is 23.7 Å². The lowest BCUT2D eigenvalue weighted by atomic mass is 9.96. The number of nitrogen functional groups attached to an aromatic ring is 1. The summed E-state index contributed by atoms with van der Waals surface area (Å²) in [6.45, 7) is 2.50. The molecule has 1 aliphatic heterocycles. The molecule has 1 aliphatic rings. The van der Waals surface area contributed by atoms with Gasteiger partial charge in [-0.3, -0.25) is 4.57 Å². The van der Waals surface area contributed by atoms with Crippen LogP contribution >= 0.6 is 0 Å². The molecular formula is C13H16F2N4O3. The Morgan fingerprint density at radius 1 is 1.50 bits per heavy atom. The highest BCUT2D eigenvalue weighted by atomic mass is 19.1. The zero-order valence-electron chi connectivity index (χ0n) is 11.9. The molecule has 0 aromatic carbocycles. The Bertz CT molecular complexity index is 719. The van der Waals surface area contributed by atoms with Gasteiger partial charge in [-0.2, -0.15) is 0 Å². The predicted molar refractivity (Wildman–Crippen MR) is 73.0 cm³/mol. The lowest BCUT2D eigenvalue weighted by molar-refractivity contribution is -0.0795. The standard InChI is InChI=1S/C13H16F2N4O3/c1-5(20)8-9(21)13(2,15)12(22-8)19-3-6(14)7-10(16)17-4-18-11(7)19/h3-5,8-9,12,20-21H,1-2H3,(H2,16,17,18). The van der Waals surface area contributed by atoms with Gasteiger partial charge >= 0.3 is 0 Å². The fourth-order valence-corrected chi connectivity index (χ4v) is 2.78. The van der Waals surface area contributed by atoms with Gasteiger partial charge in [-0.05, 0) is 13.8 Å². The SMILES string of the molecule is CC(O)C1OC(n2cc(F)c3c(N)ncnc32)C(C)(F)C1O. The summed E-state index contributed by atoms with van der Waals surface area (Å²) in [6.07, 6.45) is -3.04. The van der Waals surface area contributed by atoms with E-state index >= 15 is 0 Å². The van der Waals surface area contributed by atoms with Crippen LogP contribution in [0.4, 0.5) is 14.6 Å². The molecule has 0 saturated carbocycles. The zero-order valence-corrected chi connectivity index (χ0v) is 11.9. The first-order valence-electron chi connectivity index (χ1n) is 6.72. The molecule has 1 saturated heterocycles. The number of fused-ring (bicyclic) bond motifs is 1. The number of hydrogen-bond acceptors (Lipinski definition) is 6. The maximum absolute atomic E-state index is 14.9. The largest absolute Gasteiger partial charge is 0.391 e. The molecule has 22 heavy (non-hydrogen) atoms. The summed E-state index contributed by atoms with van der Waals surface area (Å²) in [5, 5.41) is 19.6. The number of aliphatic hydroxyl groups is 2. The summed E-state index contributed by atoms with van der Waals surface area (Å²) in [4.78, 5) is 7.60. The lowest BCUT2D eigenvalue weighted by Gasteiger charge is -2.25. The molecule has 120 valence electrons. The highest BCUT2D eigenvalue weighted by Gasteiger charge is 2.56. The molecule has 0 bridgehead atoms. The Morgan fingerprint density at radius 2 is 2.18 bits per heavy atom. The zero-order chi connectivity index (χ0) is 16.2. The van der Waals surface area contributed by atoms with Crippen molar-refractivity contribution in [3.05, 3.63) is 18.3 Å². The van der Waals surface area contributed by atoms with Crippen LogP contribution in [0, 0.1) is 5.82 Å². The minimum absolute atomic E-state index is 0.0445. The van der Waals surface area contributed by atoms with E-state index < -0.39 is 36.0 Å². The summed E-state index contributed by atoms with van der Waals surface area (Å²) in [5.74, 6) is -0.796. The number of alkyl halides is 1. The van der Waals surface area contributed by atoms with Crippen molar-refractivity contribution in [1.82, 2.24) is 14.5 Å². The van der Waals surface area contributed by atoms with E-state index in [1.165, 1.54) is 6.92 Å².